The van der Waals surface area contributed by atoms with Crippen molar-refractivity contribution >= 4 is 28.4 Å². The number of aromatic nitrogens is 2. The molecule has 0 radical (unpaired) electrons. The second kappa shape index (κ2) is 8.66. The number of anilines is 1. The minimum Gasteiger partial charge on any atom is -0.467 e. The van der Waals surface area contributed by atoms with Crippen molar-refractivity contribution in [2.75, 3.05) is 38.2 Å². The highest BCUT2D eigenvalue weighted by molar-refractivity contribution is 5.97. The number of fused-ring (bicyclic) bond motifs is 1. The number of hydrogen-bond acceptors (Lipinski definition) is 6. The fraction of sp³-hybridized carbons (Fsp3) is 0.238. The molecule has 1 aliphatic heterocycles. The number of amides is 2. The van der Waals surface area contributed by atoms with E-state index in [0.29, 0.717) is 43.4 Å². The maximum absolute atomic E-state index is 12.6. The minimum absolute atomic E-state index is 0.0758. The number of para-hydroxylation sites is 1. The first-order chi connectivity index (χ1) is 14.2. The number of carbonyl (C=O) groups is 2. The molecule has 1 aromatic heterocycles. The van der Waals surface area contributed by atoms with E-state index in [1.807, 2.05) is 24.3 Å². The number of morpholine rings is 1. The van der Waals surface area contributed by atoms with Crippen molar-refractivity contribution in [3.63, 3.8) is 0 Å². The molecule has 0 spiro atoms. The molecule has 1 fully saturated rings. The highest BCUT2D eigenvalue weighted by Gasteiger charge is 2.19. The first-order valence-electron chi connectivity index (χ1n) is 9.30. The van der Waals surface area contributed by atoms with Crippen molar-refractivity contribution in [3.8, 4) is 5.88 Å². The van der Waals surface area contributed by atoms with Crippen LogP contribution in [0, 0.1) is 0 Å². The fourth-order valence-corrected chi connectivity index (χ4v) is 3.11. The van der Waals surface area contributed by atoms with E-state index in [9.17, 15) is 9.59 Å². The van der Waals surface area contributed by atoms with Gasteiger partial charge in [-0.05, 0) is 30.3 Å². The van der Waals surface area contributed by atoms with Crippen LogP contribution in [0.2, 0.25) is 0 Å². The van der Waals surface area contributed by atoms with Crippen LogP contribution in [-0.4, -0.2) is 59.6 Å². The van der Waals surface area contributed by atoms with Gasteiger partial charge in [-0.2, -0.15) is 0 Å². The normalized spacial score (nSPS) is 13.9. The number of benzene rings is 2. The van der Waals surface area contributed by atoms with Crippen molar-refractivity contribution in [1.82, 2.24) is 14.9 Å². The molecular weight excluding hydrogens is 372 g/mol. The van der Waals surface area contributed by atoms with E-state index in [2.05, 4.69) is 15.3 Å². The Morgan fingerprint density at radius 1 is 1.07 bits per heavy atom. The highest BCUT2D eigenvalue weighted by atomic mass is 16.5. The van der Waals surface area contributed by atoms with Crippen LogP contribution in [0.1, 0.15) is 10.4 Å². The van der Waals surface area contributed by atoms with E-state index in [-0.39, 0.29) is 18.4 Å². The van der Waals surface area contributed by atoms with E-state index in [0.717, 1.165) is 10.9 Å². The summed E-state index contributed by atoms with van der Waals surface area (Å²) in [6.45, 7) is 2.00. The second-order valence-corrected chi connectivity index (χ2v) is 6.52. The molecule has 0 unspecified atom stereocenters. The predicted molar refractivity (Wildman–Crippen MR) is 107 cm³/mol. The van der Waals surface area contributed by atoms with Crippen molar-refractivity contribution in [2.45, 2.75) is 0 Å². The molecular formula is C21H20N4O4. The van der Waals surface area contributed by atoms with Crippen molar-refractivity contribution < 1.29 is 19.1 Å². The molecule has 1 N–H and O–H groups in total. The molecule has 1 aliphatic rings. The van der Waals surface area contributed by atoms with Crippen LogP contribution < -0.4 is 10.1 Å². The lowest BCUT2D eigenvalue weighted by molar-refractivity contribution is -0.118. The van der Waals surface area contributed by atoms with Gasteiger partial charge in [0.05, 0.1) is 24.1 Å². The first-order valence-corrected chi connectivity index (χ1v) is 9.30. The van der Waals surface area contributed by atoms with Gasteiger partial charge < -0.3 is 19.7 Å². The van der Waals surface area contributed by atoms with Crippen LogP contribution in [0.3, 0.4) is 0 Å². The molecule has 0 aliphatic carbocycles. The Hall–Kier alpha value is -3.52. The van der Waals surface area contributed by atoms with Crippen molar-refractivity contribution in [3.05, 3.63) is 60.4 Å². The molecule has 1 saturated heterocycles. The van der Waals surface area contributed by atoms with Gasteiger partial charge in [-0.1, -0.05) is 18.2 Å². The van der Waals surface area contributed by atoms with Gasteiger partial charge in [0.2, 0.25) is 5.88 Å². The van der Waals surface area contributed by atoms with Crippen LogP contribution in [-0.2, 0) is 9.53 Å². The summed E-state index contributed by atoms with van der Waals surface area (Å²) in [5.74, 6) is -0.0706. The number of nitrogens with one attached hydrogen (secondary N) is 1. The lowest BCUT2D eigenvalue weighted by atomic mass is 10.1. The van der Waals surface area contributed by atoms with E-state index in [1.165, 1.54) is 6.33 Å². The van der Waals surface area contributed by atoms with E-state index in [4.69, 9.17) is 9.47 Å². The smallest absolute Gasteiger partial charge is 0.262 e. The number of carbonyl (C=O) groups excluding carboxylic acids is 2. The standard InChI is InChI=1S/C21H20N4O4/c26-19(13-29-20-17-6-1-2-7-18(17)22-14-23-20)24-16-5-3-4-15(12-16)21(27)25-8-10-28-11-9-25/h1-7,12,14H,8-11,13H2,(H,24,26). The third kappa shape index (κ3) is 4.49. The SMILES string of the molecule is O=C(COc1ncnc2ccccc12)Nc1cccc(C(=O)N2CCOCC2)c1. The number of rotatable bonds is 5. The van der Waals surface area contributed by atoms with Crippen LogP contribution in [0.4, 0.5) is 5.69 Å². The van der Waals surface area contributed by atoms with Gasteiger partial charge in [0.25, 0.3) is 11.8 Å². The maximum atomic E-state index is 12.6. The minimum atomic E-state index is -0.344. The topological polar surface area (TPSA) is 93.7 Å². The molecule has 2 heterocycles. The molecule has 0 saturated carbocycles. The number of hydrogen-bond donors (Lipinski definition) is 1. The van der Waals surface area contributed by atoms with Gasteiger partial charge in [0.15, 0.2) is 6.61 Å². The quantitative estimate of drug-likeness (QED) is 0.715. The Morgan fingerprint density at radius 2 is 1.90 bits per heavy atom. The zero-order valence-corrected chi connectivity index (χ0v) is 15.7. The van der Waals surface area contributed by atoms with Gasteiger partial charge in [-0.3, -0.25) is 9.59 Å². The summed E-state index contributed by atoms with van der Waals surface area (Å²) in [5.41, 5.74) is 1.80. The fourth-order valence-electron chi connectivity index (χ4n) is 3.11. The van der Waals surface area contributed by atoms with Gasteiger partial charge in [-0.15, -0.1) is 0 Å². The van der Waals surface area contributed by atoms with Gasteiger partial charge in [0, 0.05) is 24.3 Å². The summed E-state index contributed by atoms with van der Waals surface area (Å²) in [4.78, 5) is 34.9. The van der Waals surface area contributed by atoms with E-state index < -0.39 is 0 Å². The zero-order valence-electron chi connectivity index (χ0n) is 15.7. The Labute approximate surface area is 167 Å². The molecule has 3 aromatic rings. The molecule has 2 aromatic carbocycles. The molecule has 29 heavy (non-hydrogen) atoms. The summed E-state index contributed by atoms with van der Waals surface area (Å²) in [5, 5.41) is 3.49. The summed E-state index contributed by atoms with van der Waals surface area (Å²) >= 11 is 0. The molecule has 148 valence electrons. The van der Waals surface area contributed by atoms with Crippen LogP contribution in [0.15, 0.2) is 54.9 Å². The third-order valence-corrected chi connectivity index (χ3v) is 4.54. The summed E-state index contributed by atoms with van der Waals surface area (Å²) in [7, 11) is 0. The largest absolute Gasteiger partial charge is 0.467 e. The van der Waals surface area contributed by atoms with Crippen LogP contribution in [0.25, 0.3) is 10.9 Å². The second-order valence-electron chi connectivity index (χ2n) is 6.52. The average molecular weight is 392 g/mol. The van der Waals surface area contributed by atoms with Crippen molar-refractivity contribution in [2.24, 2.45) is 0 Å². The Balaban J connectivity index is 1.39. The predicted octanol–water partition coefficient (Wildman–Crippen LogP) is 2.12. The third-order valence-electron chi connectivity index (χ3n) is 4.54. The lowest BCUT2D eigenvalue weighted by Crippen LogP contribution is -2.40. The molecule has 4 rings (SSSR count). The number of nitrogens with zero attached hydrogens (tertiary/aromatic N) is 3. The zero-order chi connectivity index (χ0) is 20.1. The highest BCUT2D eigenvalue weighted by Crippen LogP contribution is 2.20. The molecule has 8 nitrogen and oxygen atoms in total. The van der Waals surface area contributed by atoms with Gasteiger partial charge in [-0.25, -0.2) is 9.97 Å². The molecule has 8 heteroatoms. The summed E-state index contributed by atoms with van der Waals surface area (Å²) in [6, 6.07) is 14.3. The average Bonchev–Trinajstić information content (AvgIpc) is 2.78. The van der Waals surface area contributed by atoms with Crippen LogP contribution in [0.5, 0.6) is 5.88 Å². The maximum Gasteiger partial charge on any atom is 0.262 e. The Morgan fingerprint density at radius 3 is 2.76 bits per heavy atom. The summed E-state index contributed by atoms with van der Waals surface area (Å²) in [6.07, 6.45) is 1.40. The number of ether oxygens (including phenoxy) is 2. The van der Waals surface area contributed by atoms with E-state index in [1.54, 1.807) is 29.2 Å². The van der Waals surface area contributed by atoms with Crippen molar-refractivity contribution in [1.29, 1.82) is 0 Å². The molecule has 0 atom stereocenters. The Bertz CT molecular complexity index is 1030. The van der Waals surface area contributed by atoms with E-state index >= 15 is 0 Å². The monoisotopic (exact) mass is 392 g/mol. The van der Waals surface area contributed by atoms with Gasteiger partial charge in [0.1, 0.15) is 6.33 Å². The lowest BCUT2D eigenvalue weighted by Gasteiger charge is -2.27. The molecule has 0 bridgehead atoms. The van der Waals surface area contributed by atoms with Crippen LogP contribution >= 0.6 is 0 Å². The molecule has 2 amide bonds. The van der Waals surface area contributed by atoms with Gasteiger partial charge >= 0.3 is 0 Å². The summed E-state index contributed by atoms with van der Waals surface area (Å²) < 4.78 is 10.9. The Kier molecular flexibility index (Phi) is 5.62. The first kappa shape index (κ1) is 18.8.